The van der Waals surface area contributed by atoms with Crippen LogP contribution in [0.3, 0.4) is 0 Å². The van der Waals surface area contributed by atoms with Crippen molar-refractivity contribution in [3.63, 3.8) is 0 Å². The summed E-state index contributed by atoms with van der Waals surface area (Å²) in [6.45, 7) is 1.61. The predicted octanol–water partition coefficient (Wildman–Crippen LogP) is 3.09. The van der Waals surface area contributed by atoms with E-state index in [9.17, 15) is 9.59 Å². The van der Waals surface area contributed by atoms with Crippen molar-refractivity contribution in [2.24, 2.45) is 0 Å². The van der Waals surface area contributed by atoms with Gasteiger partial charge in [-0.2, -0.15) is 0 Å². The van der Waals surface area contributed by atoms with Gasteiger partial charge in [-0.15, -0.1) is 0 Å². The highest BCUT2D eigenvalue weighted by molar-refractivity contribution is 9.10. The Labute approximate surface area is 118 Å². The fourth-order valence-corrected chi connectivity index (χ4v) is 2.01. The van der Waals surface area contributed by atoms with Gasteiger partial charge >= 0.3 is 12.0 Å². The SMILES string of the molecule is CC(CC(=O)O)NC(=O)Nc1ccc(Br)cc1Cl. The second-order valence-electron chi connectivity index (χ2n) is 3.72. The largest absolute Gasteiger partial charge is 0.481 e. The second kappa shape index (κ2) is 6.61. The number of rotatable bonds is 4. The number of carbonyl (C=O) groups excluding carboxylic acids is 1. The van der Waals surface area contributed by atoms with Gasteiger partial charge in [0.25, 0.3) is 0 Å². The molecule has 5 nitrogen and oxygen atoms in total. The van der Waals surface area contributed by atoms with Crippen LogP contribution in [0.2, 0.25) is 5.02 Å². The van der Waals surface area contributed by atoms with Crippen molar-refractivity contribution in [2.45, 2.75) is 19.4 Å². The monoisotopic (exact) mass is 334 g/mol. The van der Waals surface area contributed by atoms with Crippen LogP contribution >= 0.6 is 27.5 Å². The Hall–Kier alpha value is -1.27. The van der Waals surface area contributed by atoms with E-state index < -0.39 is 18.0 Å². The molecule has 3 N–H and O–H groups in total. The number of hydrogen-bond acceptors (Lipinski definition) is 2. The van der Waals surface area contributed by atoms with E-state index >= 15 is 0 Å². The topological polar surface area (TPSA) is 78.4 Å². The molecule has 0 aliphatic heterocycles. The molecule has 0 aromatic heterocycles. The van der Waals surface area contributed by atoms with E-state index in [1.807, 2.05) is 0 Å². The van der Waals surface area contributed by atoms with Crippen LogP contribution in [0.1, 0.15) is 13.3 Å². The third-order valence-corrected chi connectivity index (χ3v) is 2.84. The standard InChI is InChI=1S/C11H12BrClN2O3/c1-6(4-10(16)17)14-11(18)15-9-3-2-7(12)5-8(9)13/h2-3,5-6H,4H2,1H3,(H,16,17)(H2,14,15,18). The summed E-state index contributed by atoms with van der Waals surface area (Å²) in [6, 6.07) is 4.08. The summed E-state index contributed by atoms with van der Waals surface area (Å²) < 4.78 is 0.803. The number of hydrogen-bond donors (Lipinski definition) is 3. The second-order valence-corrected chi connectivity index (χ2v) is 5.04. The molecule has 0 saturated carbocycles. The van der Waals surface area contributed by atoms with Gasteiger partial charge in [0, 0.05) is 10.5 Å². The van der Waals surface area contributed by atoms with Gasteiger partial charge in [-0.1, -0.05) is 27.5 Å². The lowest BCUT2D eigenvalue weighted by molar-refractivity contribution is -0.137. The Morgan fingerprint density at radius 1 is 1.50 bits per heavy atom. The minimum atomic E-state index is -0.968. The van der Waals surface area contributed by atoms with E-state index in [1.165, 1.54) is 0 Å². The molecule has 1 unspecified atom stereocenters. The summed E-state index contributed by atoms with van der Waals surface area (Å²) >= 11 is 9.18. The quantitative estimate of drug-likeness (QED) is 0.791. The van der Waals surface area contributed by atoms with E-state index in [-0.39, 0.29) is 6.42 Å². The molecule has 7 heteroatoms. The third-order valence-electron chi connectivity index (χ3n) is 2.04. The molecule has 18 heavy (non-hydrogen) atoms. The number of anilines is 1. The van der Waals surface area contributed by atoms with Crippen molar-refractivity contribution >= 4 is 45.2 Å². The van der Waals surface area contributed by atoms with Gasteiger partial charge in [0.05, 0.1) is 17.1 Å². The molecule has 2 amide bonds. The van der Waals surface area contributed by atoms with Crippen LogP contribution in [0.4, 0.5) is 10.5 Å². The van der Waals surface area contributed by atoms with Crippen molar-refractivity contribution < 1.29 is 14.7 Å². The highest BCUT2D eigenvalue weighted by atomic mass is 79.9. The average molecular weight is 336 g/mol. The lowest BCUT2D eigenvalue weighted by Gasteiger charge is -2.13. The van der Waals surface area contributed by atoms with Gasteiger partial charge in [-0.3, -0.25) is 4.79 Å². The molecule has 98 valence electrons. The molecule has 0 aliphatic carbocycles. The van der Waals surface area contributed by atoms with Crippen LogP contribution in [-0.2, 0) is 4.79 Å². The summed E-state index contributed by atoms with van der Waals surface area (Å²) in [5.74, 6) is -0.968. The number of carbonyl (C=O) groups is 2. The number of aliphatic carboxylic acids is 1. The molecule has 1 atom stereocenters. The lowest BCUT2D eigenvalue weighted by Crippen LogP contribution is -2.37. The highest BCUT2D eigenvalue weighted by Crippen LogP contribution is 2.25. The third kappa shape index (κ3) is 4.93. The predicted molar refractivity (Wildman–Crippen MR) is 73.0 cm³/mol. The first-order valence-electron chi connectivity index (χ1n) is 5.13. The van der Waals surface area contributed by atoms with Gasteiger partial charge in [-0.25, -0.2) is 4.79 Å². The van der Waals surface area contributed by atoms with Crippen LogP contribution in [0.5, 0.6) is 0 Å². The molecular weight excluding hydrogens is 323 g/mol. The normalized spacial score (nSPS) is 11.7. The maximum absolute atomic E-state index is 11.6. The lowest BCUT2D eigenvalue weighted by atomic mass is 10.2. The highest BCUT2D eigenvalue weighted by Gasteiger charge is 2.11. The van der Waals surface area contributed by atoms with Crippen LogP contribution in [-0.4, -0.2) is 23.1 Å². The zero-order valence-electron chi connectivity index (χ0n) is 9.54. The van der Waals surface area contributed by atoms with Gasteiger partial charge in [-0.05, 0) is 25.1 Å². The minimum absolute atomic E-state index is 0.137. The number of carboxylic acids is 1. The van der Waals surface area contributed by atoms with Crippen molar-refractivity contribution in [2.75, 3.05) is 5.32 Å². The number of carboxylic acid groups (broad SMARTS) is 1. The number of benzene rings is 1. The Morgan fingerprint density at radius 2 is 2.17 bits per heavy atom. The van der Waals surface area contributed by atoms with Gasteiger partial charge < -0.3 is 15.7 Å². The zero-order valence-corrected chi connectivity index (χ0v) is 11.9. The molecule has 0 fully saturated rings. The van der Waals surface area contributed by atoms with Crippen LogP contribution in [0, 0.1) is 0 Å². The Morgan fingerprint density at radius 3 is 2.72 bits per heavy atom. The Kier molecular flexibility index (Phi) is 5.43. The van der Waals surface area contributed by atoms with Gasteiger partial charge in [0.15, 0.2) is 0 Å². The fourth-order valence-electron chi connectivity index (χ4n) is 1.29. The first kappa shape index (κ1) is 14.8. The molecule has 0 saturated heterocycles. The Balaban J connectivity index is 2.56. The van der Waals surface area contributed by atoms with Gasteiger partial charge in [0.2, 0.25) is 0 Å². The number of amides is 2. The molecule has 0 spiro atoms. The molecule has 0 bridgehead atoms. The number of halogens is 2. The number of nitrogens with one attached hydrogen (secondary N) is 2. The summed E-state index contributed by atoms with van der Waals surface area (Å²) in [7, 11) is 0. The summed E-state index contributed by atoms with van der Waals surface area (Å²) in [4.78, 5) is 22.0. The molecular formula is C11H12BrClN2O3. The van der Waals surface area contributed by atoms with E-state index in [2.05, 4.69) is 26.6 Å². The molecule has 0 heterocycles. The van der Waals surface area contributed by atoms with Crippen molar-refractivity contribution in [1.29, 1.82) is 0 Å². The average Bonchev–Trinajstić information content (AvgIpc) is 2.20. The first-order valence-corrected chi connectivity index (χ1v) is 6.30. The van der Waals surface area contributed by atoms with Crippen LogP contribution in [0.15, 0.2) is 22.7 Å². The minimum Gasteiger partial charge on any atom is -0.481 e. The maximum Gasteiger partial charge on any atom is 0.319 e. The summed E-state index contributed by atoms with van der Waals surface area (Å²) in [5.41, 5.74) is 0.458. The van der Waals surface area contributed by atoms with Crippen molar-refractivity contribution in [3.05, 3.63) is 27.7 Å². The van der Waals surface area contributed by atoms with E-state index in [0.717, 1.165) is 4.47 Å². The van der Waals surface area contributed by atoms with Gasteiger partial charge in [0.1, 0.15) is 0 Å². The van der Waals surface area contributed by atoms with Crippen LogP contribution < -0.4 is 10.6 Å². The fraction of sp³-hybridized carbons (Fsp3) is 0.273. The summed E-state index contributed by atoms with van der Waals surface area (Å²) in [5, 5.41) is 14.0. The van der Waals surface area contributed by atoms with Crippen molar-refractivity contribution in [3.8, 4) is 0 Å². The summed E-state index contributed by atoms with van der Waals surface area (Å²) in [6.07, 6.45) is -0.137. The maximum atomic E-state index is 11.6. The Bertz CT molecular complexity index is 468. The zero-order chi connectivity index (χ0) is 13.7. The van der Waals surface area contributed by atoms with E-state index in [4.69, 9.17) is 16.7 Å². The molecule has 1 aromatic rings. The van der Waals surface area contributed by atoms with E-state index in [1.54, 1.807) is 25.1 Å². The van der Waals surface area contributed by atoms with Crippen molar-refractivity contribution in [1.82, 2.24) is 5.32 Å². The molecule has 0 aliphatic rings. The smallest absolute Gasteiger partial charge is 0.319 e. The molecule has 1 aromatic carbocycles. The van der Waals surface area contributed by atoms with Crippen LogP contribution in [0.25, 0.3) is 0 Å². The number of urea groups is 1. The molecule has 1 rings (SSSR count). The first-order chi connectivity index (χ1) is 8.38. The molecule has 0 radical (unpaired) electrons. The van der Waals surface area contributed by atoms with E-state index in [0.29, 0.717) is 10.7 Å².